The lowest BCUT2D eigenvalue weighted by molar-refractivity contribution is -0.139. The van der Waals surface area contributed by atoms with E-state index in [2.05, 4.69) is 16.1 Å². The fourth-order valence-electron chi connectivity index (χ4n) is 3.83. The van der Waals surface area contributed by atoms with Crippen molar-refractivity contribution in [2.75, 3.05) is 31.1 Å². The van der Waals surface area contributed by atoms with E-state index in [4.69, 9.17) is 4.74 Å². The number of benzene rings is 1. The molecular weight excluding hydrogens is 328 g/mol. The minimum atomic E-state index is -0.420. The van der Waals surface area contributed by atoms with Crippen LogP contribution in [0.15, 0.2) is 36.7 Å². The Labute approximate surface area is 154 Å². The Hall–Kier alpha value is -2.50. The minimum Gasteiger partial charge on any atom is -0.477 e. The summed E-state index contributed by atoms with van der Waals surface area (Å²) < 4.78 is 7.91. The number of aryl methyl sites for hydroxylation is 1. The third kappa shape index (κ3) is 3.54. The van der Waals surface area contributed by atoms with Crippen molar-refractivity contribution in [2.24, 2.45) is 7.05 Å². The molecule has 0 aliphatic carbocycles. The van der Waals surface area contributed by atoms with E-state index >= 15 is 0 Å². The molecule has 0 radical (unpaired) electrons. The highest BCUT2D eigenvalue weighted by atomic mass is 16.5. The number of carbonyl (C=O) groups excluding carboxylic acids is 1. The summed E-state index contributed by atoms with van der Waals surface area (Å²) in [6, 6.07) is 8.01. The van der Waals surface area contributed by atoms with Crippen LogP contribution in [-0.4, -0.2) is 52.9 Å². The number of nitrogens with zero attached hydrogens (tertiary/aromatic N) is 4. The zero-order valence-corrected chi connectivity index (χ0v) is 15.3. The first-order valence-corrected chi connectivity index (χ1v) is 9.47. The van der Waals surface area contributed by atoms with Gasteiger partial charge >= 0.3 is 0 Å². The number of rotatable bonds is 4. The van der Waals surface area contributed by atoms with E-state index < -0.39 is 6.10 Å². The number of hydrogen-bond acceptors (Lipinski definition) is 4. The average molecular weight is 354 g/mol. The number of anilines is 1. The molecule has 2 aromatic rings. The Morgan fingerprint density at radius 2 is 2.04 bits per heavy atom. The van der Waals surface area contributed by atoms with Crippen molar-refractivity contribution in [3.8, 4) is 5.75 Å². The van der Waals surface area contributed by atoms with E-state index in [1.54, 1.807) is 0 Å². The van der Waals surface area contributed by atoms with Gasteiger partial charge in [0.25, 0.3) is 5.91 Å². The average Bonchev–Trinajstić information content (AvgIpc) is 3.11. The fourth-order valence-corrected chi connectivity index (χ4v) is 3.83. The second kappa shape index (κ2) is 7.40. The number of likely N-dealkylation sites (tertiary alicyclic amines) is 1. The molecule has 1 aromatic heterocycles. The van der Waals surface area contributed by atoms with Crippen molar-refractivity contribution < 1.29 is 9.53 Å². The molecule has 1 atom stereocenters. The number of amides is 1. The van der Waals surface area contributed by atoms with E-state index in [-0.39, 0.29) is 5.91 Å². The van der Waals surface area contributed by atoms with Gasteiger partial charge < -0.3 is 14.5 Å². The second-order valence-corrected chi connectivity index (χ2v) is 7.18. The van der Waals surface area contributed by atoms with E-state index in [0.29, 0.717) is 6.54 Å². The molecule has 0 spiro atoms. The van der Waals surface area contributed by atoms with Crippen LogP contribution in [-0.2, 0) is 18.3 Å². The van der Waals surface area contributed by atoms with Gasteiger partial charge in [-0.1, -0.05) is 12.1 Å². The predicted molar refractivity (Wildman–Crippen MR) is 100 cm³/mol. The SMILES string of the molecule is Cn1cc(CCN2C[C@H](C(=O)N3CCCCC3)Oc3ccccc32)cn1. The highest BCUT2D eigenvalue weighted by Crippen LogP contribution is 2.33. The van der Waals surface area contributed by atoms with Gasteiger partial charge in [0, 0.05) is 32.9 Å². The van der Waals surface area contributed by atoms with Gasteiger partial charge in [-0.15, -0.1) is 0 Å². The van der Waals surface area contributed by atoms with Crippen molar-refractivity contribution >= 4 is 11.6 Å². The van der Waals surface area contributed by atoms with Crippen LogP contribution in [0.1, 0.15) is 24.8 Å². The molecule has 1 fully saturated rings. The number of piperidine rings is 1. The van der Waals surface area contributed by atoms with Crippen LogP contribution in [0.25, 0.3) is 0 Å². The minimum absolute atomic E-state index is 0.130. The van der Waals surface area contributed by atoms with Gasteiger partial charge in [-0.05, 0) is 43.4 Å². The molecule has 2 aliphatic heterocycles. The van der Waals surface area contributed by atoms with Gasteiger partial charge in [-0.2, -0.15) is 5.10 Å². The van der Waals surface area contributed by atoms with Gasteiger partial charge in [0.2, 0.25) is 0 Å². The van der Waals surface area contributed by atoms with Crippen molar-refractivity contribution in [1.29, 1.82) is 0 Å². The molecule has 0 bridgehead atoms. The largest absolute Gasteiger partial charge is 0.477 e. The van der Waals surface area contributed by atoms with Crippen LogP contribution in [0.2, 0.25) is 0 Å². The third-order valence-corrected chi connectivity index (χ3v) is 5.23. The van der Waals surface area contributed by atoms with Crippen LogP contribution in [0.3, 0.4) is 0 Å². The van der Waals surface area contributed by atoms with E-state index in [1.165, 1.54) is 12.0 Å². The van der Waals surface area contributed by atoms with E-state index in [1.807, 2.05) is 47.2 Å². The maximum absolute atomic E-state index is 12.9. The molecule has 3 heterocycles. The lowest BCUT2D eigenvalue weighted by atomic mass is 10.1. The zero-order chi connectivity index (χ0) is 17.9. The summed E-state index contributed by atoms with van der Waals surface area (Å²) in [6.45, 7) is 3.16. The summed E-state index contributed by atoms with van der Waals surface area (Å²) in [5.41, 5.74) is 2.27. The van der Waals surface area contributed by atoms with Crippen molar-refractivity contribution in [3.05, 3.63) is 42.2 Å². The molecule has 2 aliphatic rings. The maximum Gasteiger partial charge on any atom is 0.265 e. The van der Waals surface area contributed by atoms with Crippen LogP contribution >= 0.6 is 0 Å². The Morgan fingerprint density at radius 3 is 2.81 bits per heavy atom. The number of hydrogen-bond donors (Lipinski definition) is 0. The molecule has 6 nitrogen and oxygen atoms in total. The number of ether oxygens (including phenoxy) is 1. The first-order valence-electron chi connectivity index (χ1n) is 9.47. The molecule has 4 rings (SSSR count). The summed E-state index contributed by atoms with van der Waals surface area (Å²) in [4.78, 5) is 17.2. The summed E-state index contributed by atoms with van der Waals surface area (Å²) in [5, 5.41) is 4.24. The first kappa shape index (κ1) is 16.9. The molecule has 1 saturated heterocycles. The smallest absolute Gasteiger partial charge is 0.265 e. The summed E-state index contributed by atoms with van der Waals surface area (Å²) in [6.07, 6.45) is 7.84. The van der Waals surface area contributed by atoms with Gasteiger partial charge in [-0.25, -0.2) is 0 Å². The standard InChI is InChI=1S/C20H26N4O2/c1-22-14-16(13-21-22)9-12-24-15-19(20(25)23-10-5-2-6-11-23)26-18-8-4-3-7-17(18)24/h3-4,7-8,13-14,19H,2,5-6,9-12,15H2,1H3/t19-/m1/s1. The number of para-hydroxylation sites is 2. The zero-order valence-electron chi connectivity index (χ0n) is 15.3. The Morgan fingerprint density at radius 1 is 1.23 bits per heavy atom. The van der Waals surface area contributed by atoms with Crippen LogP contribution in [0.4, 0.5) is 5.69 Å². The lowest BCUT2D eigenvalue weighted by Crippen LogP contribution is -2.51. The first-order chi connectivity index (χ1) is 12.7. The molecule has 26 heavy (non-hydrogen) atoms. The highest BCUT2D eigenvalue weighted by molar-refractivity contribution is 5.83. The molecule has 1 amide bonds. The number of carbonyl (C=O) groups is 1. The molecule has 6 heteroatoms. The fraction of sp³-hybridized carbons (Fsp3) is 0.500. The molecule has 1 aromatic carbocycles. The van der Waals surface area contributed by atoms with Crippen molar-refractivity contribution in [3.63, 3.8) is 0 Å². The van der Waals surface area contributed by atoms with Gasteiger partial charge in [0.15, 0.2) is 6.10 Å². The van der Waals surface area contributed by atoms with Gasteiger partial charge in [0.1, 0.15) is 5.75 Å². The van der Waals surface area contributed by atoms with E-state index in [9.17, 15) is 4.79 Å². The van der Waals surface area contributed by atoms with E-state index in [0.717, 1.165) is 50.3 Å². The summed E-state index contributed by atoms with van der Waals surface area (Å²) in [5.74, 6) is 0.936. The Bertz CT molecular complexity index is 767. The molecule has 0 N–H and O–H groups in total. The molecular formula is C20H26N4O2. The lowest BCUT2D eigenvalue weighted by Gasteiger charge is -2.38. The quantitative estimate of drug-likeness (QED) is 0.845. The van der Waals surface area contributed by atoms with Crippen molar-refractivity contribution in [1.82, 2.24) is 14.7 Å². The van der Waals surface area contributed by atoms with Gasteiger partial charge in [0.05, 0.1) is 18.4 Å². The van der Waals surface area contributed by atoms with Crippen molar-refractivity contribution in [2.45, 2.75) is 31.8 Å². The van der Waals surface area contributed by atoms with Gasteiger partial charge in [-0.3, -0.25) is 9.48 Å². The second-order valence-electron chi connectivity index (χ2n) is 7.18. The Balaban J connectivity index is 1.49. The molecule has 0 saturated carbocycles. The summed E-state index contributed by atoms with van der Waals surface area (Å²) in [7, 11) is 1.93. The monoisotopic (exact) mass is 354 g/mol. The van der Waals surface area contributed by atoms with Crippen LogP contribution in [0.5, 0.6) is 5.75 Å². The third-order valence-electron chi connectivity index (χ3n) is 5.23. The molecule has 138 valence electrons. The molecule has 0 unspecified atom stereocenters. The predicted octanol–water partition coefficient (Wildman–Crippen LogP) is 2.24. The summed E-state index contributed by atoms with van der Waals surface area (Å²) >= 11 is 0. The highest BCUT2D eigenvalue weighted by Gasteiger charge is 2.33. The topological polar surface area (TPSA) is 50.6 Å². The van der Waals surface area contributed by atoms with Crippen LogP contribution < -0.4 is 9.64 Å². The van der Waals surface area contributed by atoms with Crippen LogP contribution in [0, 0.1) is 0 Å². The normalized spacial score (nSPS) is 19.8. The Kier molecular flexibility index (Phi) is 4.82. The number of fused-ring (bicyclic) bond motifs is 1. The maximum atomic E-state index is 12.9. The number of aromatic nitrogens is 2.